The molecular weight excluding hydrogens is 783 g/mol. The molecule has 1 heterocycles. The number of aliphatic hydroxyl groups is 1. The van der Waals surface area contributed by atoms with E-state index in [1.54, 1.807) is 0 Å². The maximum absolute atomic E-state index is 11.7. The van der Waals surface area contributed by atoms with Crippen LogP contribution >= 0.6 is 0 Å². The van der Waals surface area contributed by atoms with E-state index in [-0.39, 0.29) is 49.4 Å². The van der Waals surface area contributed by atoms with Gasteiger partial charge in [-0.2, -0.15) is 5.26 Å². The Balaban J connectivity index is 0.000000444. The Morgan fingerprint density at radius 1 is 0.857 bits per heavy atom. The van der Waals surface area contributed by atoms with Gasteiger partial charge in [0.1, 0.15) is 0 Å². The molecule has 0 fully saturated rings. The maximum Gasteiger partial charge on any atom is 0.162 e. The fourth-order valence-electron chi connectivity index (χ4n) is 6.17. The summed E-state index contributed by atoms with van der Waals surface area (Å²) >= 11 is 0. The summed E-state index contributed by atoms with van der Waals surface area (Å²) in [4.78, 5) is 21.8. The van der Waals surface area contributed by atoms with E-state index >= 15 is 0 Å². The van der Waals surface area contributed by atoms with Crippen LogP contribution in [0.2, 0.25) is 0 Å². The fourth-order valence-corrected chi connectivity index (χ4v) is 6.17. The molecule has 0 bridgehead atoms. The predicted octanol–water partition coefficient (Wildman–Crippen LogP) is 11.4. The SMILES string of the molecule is CCC(CC)C(=O)/C=C(\O)C(CC)CC.Cc1[c-]c(-c2ncc(-c3ccc(C#N)cc3C(C)C)nc2-c2cc(C)cc(C)c2)cc(C)c1.[Ir]. The smallest absolute Gasteiger partial charge is 0.162 e. The van der Waals surface area contributed by atoms with Gasteiger partial charge in [0.15, 0.2) is 5.78 Å². The number of benzene rings is 3. The van der Waals surface area contributed by atoms with Crippen molar-refractivity contribution in [2.24, 2.45) is 11.8 Å². The summed E-state index contributed by atoms with van der Waals surface area (Å²) in [6.45, 7) is 20.7. The van der Waals surface area contributed by atoms with Gasteiger partial charge < -0.3 is 10.1 Å². The van der Waals surface area contributed by atoms with Crippen molar-refractivity contribution < 1.29 is 30.0 Å². The molecule has 0 amide bonds. The van der Waals surface area contributed by atoms with Crippen LogP contribution in [0.25, 0.3) is 33.8 Å². The topological polar surface area (TPSA) is 86.9 Å². The summed E-state index contributed by atoms with van der Waals surface area (Å²) in [6.07, 6.45) is 6.75. The van der Waals surface area contributed by atoms with Crippen LogP contribution in [0.4, 0.5) is 0 Å². The van der Waals surface area contributed by atoms with Crippen LogP contribution in [0.1, 0.15) is 107 Å². The molecule has 4 aromatic rings. The molecule has 0 spiro atoms. The van der Waals surface area contributed by atoms with Gasteiger partial charge in [0.2, 0.25) is 0 Å². The summed E-state index contributed by atoms with van der Waals surface area (Å²) < 4.78 is 0. The first-order chi connectivity index (χ1) is 22.8. The fraction of sp³-hybridized carbons (Fsp3) is 0.395. The Hall–Kier alpha value is -3.91. The number of aromatic nitrogens is 2. The number of aryl methyl sites for hydroxylation is 4. The molecule has 0 unspecified atom stereocenters. The Morgan fingerprint density at radius 2 is 1.45 bits per heavy atom. The zero-order chi connectivity index (χ0) is 35.5. The second kappa shape index (κ2) is 19.3. The third-order valence-corrected chi connectivity index (χ3v) is 8.83. The summed E-state index contributed by atoms with van der Waals surface area (Å²) in [5.41, 5.74) is 11.9. The minimum absolute atomic E-state index is 0. The zero-order valence-electron chi connectivity index (χ0n) is 30.9. The van der Waals surface area contributed by atoms with Gasteiger partial charge in [-0.3, -0.25) is 9.78 Å². The van der Waals surface area contributed by atoms with Crippen LogP contribution in [0, 0.1) is 56.9 Å². The van der Waals surface area contributed by atoms with Gasteiger partial charge in [-0.05, 0) is 68.7 Å². The Kier molecular flexibility index (Phi) is 16.3. The summed E-state index contributed by atoms with van der Waals surface area (Å²) in [6, 6.07) is 22.3. The van der Waals surface area contributed by atoms with E-state index in [9.17, 15) is 15.2 Å². The number of carbonyl (C=O) groups excluding carboxylic acids is 1. The van der Waals surface area contributed by atoms with Crippen molar-refractivity contribution in [2.45, 2.75) is 101 Å². The average Bonchev–Trinajstić information content (AvgIpc) is 3.04. The van der Waals surface area contributed by atoms with E-state index in [2.05, 4.69) is 84.0 Å². The predicted molar refractivity (Wildman–Crippen MR) is 199 cm³/mol. The largest absolute Gasteiger partial charge is 0.512 e. The minimum atomic E-state index is 0. The van der Waals surface area contributed by atoms with Crippen LogP contribution in [0.3, 0.4) is 0 Å². The average molecular weight is 835 g/mol. The van der Waals surface area contributed by atoms with Crippen molar-refractivity contribution in [1.82, 2.24) is 9.97 Å². The number of nitriles is 1. The maximum atomic E-state index is 11.7. The number of carbonyl (C=O) groups is 1. The molecule has 261 valence electrons. The van der Waals surface area contributed by atoms with Gasteiger partial charge in [0.05, 0.1) is 28.8 Å². The molecule has 4 rings (SSSR count). The van der Waals surface area contributed by atoms with Gasteiger partial charge in [-0.25, -0.2) is 0 Å². The molecule has 0 saturated heterocycles. The van der Waals surface area contributed by atoms with Crippen LogP contribution < -0.4 is 0 Å². The quantitative estimate of drug-likeness (QED) is 0.0924. The Labute approximate surface area is 308 Å². The number of hydrogen-bond donors (Lipinski definition) is 1. The van der Waals surface area contributed by atoms with Gasteiger partial charge in [0, 0.05) is 55.5 Å². The monoisotopic (exact) mass is 835 g/mol. The second-order valence-corrected chi connectivity index (χ2v) is 13.2. The summed E-state index contributed by atoms with van der Waals surface area (Å²) in [5, 5.41) is 19.1. The number of aliphatic hydroxyl groups excluding tert-OH is 1. The molecular formula is C43H52IrN3O2-. The molecule has 5 nitrogen and oxygen atoms in total. The standard InChI is InChI=1S/C30H28N3.C13H24O2.Ir/c1-18(2)27-15-23(16-31)7-8-26(27)28-17-32-29(24-11-19(3)9-20(4)12-24)30(33-28)25-13-21(5)10-22(6)14-25;1-5-10(6-2)12(14)9-13(15)11(7-3)8-4;/h7-11,13-15,17-18H,1-6H3;9-11,14H,5-8H2,1-4H3;/q-1;;/b;12-9-;. The molecule has 1 N–H and O–H groups in total. The molecule has 0 aliphatic carbocycles. The van der Waals surface area contributed by atoms with Crippen LogP contribution in [-0.2, 0) is 24.9 Å². The van der Waals surface area contributed by atoms with Crippen molar-refractivity contribution in [2.75, 3.05) is 0 Å². The number of ketones is 1. The minimum Gasteiger partial charge on any atom is -0.512 e. The van der Waals surface area contributed by atoms with Crippen LogP contribution in [0.5, 0.6) is 0 Å². The van der Waals surface area contributed by atoms with Gasteiger partial charge >= 0.3 is 0 Å². The van der Waals surface area contributed by atoms with E-state index in [0.29, 0.717) is 5.56 Å². The molecule has 1 radical (unpaired) electrons. The number of rotatable bonds is 11. The first-order valence-corrected chi connectivity index (χ1v) is 17.3. The Bertz CT molecular complexity index is 1750. The summed E-state index contributed by atoms with van der Waals surface area (Å²) in [5.74, 6) is 0.804. The molecule has 0 saturated carbocycles. The summed E-state index contributed by atoms with van der Waals surface area (Å²) in [7, 11) is 0. The first kappa shape index (κ1) is 41.3. The van der Waals surface area contributed by atoms with E-state index in [4.69, 9.17) is 9.97 Å². The molecule has 3 aromatic carbocycles. The van der Waals surface area contributed by atoms with Crippen molar-refractivity contribution >= 4 is 5.78 Å². The number of nitrogens with zero attached hydrogens (tertiary/aromatic N) is 3. The number of allylic oxidation sites excluding steroid dienone is 2. The van der Waals surface area contributed by atoms with Gasteiger partial charge in [0.25, 0.3) is 0 Å². The van der Waals surface area contributed by atoms with E-state index in [1.807, 2.05) is 52.1 Å². The molecule has 49 heavy (non-hydrogen) atoms. The van der Waals surface area contributed by atoms with Crippen LogP contribution in [-0.4, -0.2) is 20.9 Å². The third kappa shape index (κ3) is 11.0. The van der Waals surface area contributed by atoms with Crippen molar-refractivity contribution in [3.8, 4) is 39.8 Å². The molecule has 6 heteroatoms. The third-order valence-electron chi connectivity index (χ3n) is 8.83. The first-order valence-electron chi connectivity index (χ1n) is 17.3. The molecule has 0 atom stereocenters. The van der Waals surface area contributed by atoms with Gasteiger partial charge in [-0.1, -0.05) is 90.8 Å². The molecule has 0 aliphatic rings. The second-order valence-electron chi connectivity index (χ2n) is 13.2. The van der Waals surface area contributed by atoms with Crippen molar-refractivity contribution in [3.63, 3.8) is 0 Å². The van der Waals surface area contributed by atoms with Crippen molar-refractivity contribution in [3.05, 3.63) is 106 Å². The van der Waals surface area contributed by atoms with E-state index < -0.39 is 0 Å². The molecule has 0 aliphatic heterocycles. The Morgan fingerprint density at radius 3 is 1.98 bits per heavy atom. The zero-order valence-corrected chi connectivity index (χ0v) is 33.3. The normalized spacial score (nSPS) is 11.2. The van der Waals surface area contributed by atoms with E-state index in [1.165, 1.54) is 22.8 Å². The number of hydrogen-bond acceptors (Lipinski definition) is 5. The van der Waals surface area contributed by atoms with Crippen molar-refractivity contribution in [1.29, 1.82) is 5.26 Å². The van der Waals surface area contributed by atoms with Gasteiger partial charge in [-0.15, -0.1) is 34.9 Å². The van der Waals surface area contributed by atoms with Crippen LogP contribution in [0.15, 0.2) is 66.6 Å². The molecule has 1 aromatic heterocycles. The van der Waals surface area contributed by atoms with E-state index in [0.717, 1.165) is 70.6 Å².